The van der Waals surface area contributed by atoms with E-state index in [4.69, 9.17) is 29.2 Å². The Bertz CT molecular complexity index is 1610. The number of benzene rings is 2. The molecule has 0 radical (unpaired) electrons. The molecule has 11 nitrogen and oxygen atoms in total. The first kappa shape index (κ1) is 33.9. The average molecular weight is 691 g/mol. The van der Waals surface area contributed by atoms with Gasteiger partial charge >= 0.3 is 13.7 Å². The first-order valence-electron chi connectivity index (χ1n) is 14.9. The number of esters is 1. The third-order valence-electron chi connectivity index (χ3n) is 6.85. The zero-order valence-corrected chi connectivity index (χ0v) is 28.3. The topological polar surface area (TPSA) is 140 Å². The molecule has 238 valence electrons. The molecule has 0 bridgehead atoms. The average Bonchev–Trinajstić information content (AvgIpc) is 3.37. The predicted molar refractivity (Wildman–Crippen MR) is 175 cm³/mol. The van der Waals surface area contributed by atoms with Crippen molar-refractivity contribution in [2.24, 2.45) is 0 Å². The van der Waals surface area contributed by atoms with Crippen molar-refractivity contribution in [2.45, 2.75) is 78.7 Å². The zero-order chi connectivity index (χ0) is 31.9. The molecule has 4 rings (SSSR count). The van der Waals surface area contributed by atoms with Gasteiger partial charge in [-0.25, -0.2) is 14.5 Å². The summed E-state index contributed by atoms with van der Waals surface area (Å²) < 4.78 is 40.5. The summed E-state index contributed by atoms with van der Waals surface area (Å²) in [5.74, 6) is 0.712. The summed E-state index contributed by atoms with van der Waals surface area (Å²) in [5, 5.41) is 3.67. The molecule has 2 heterocycles. The number of hydrogen-bond acceptors (Lipinski definition) is 9. The standard InChI is InChI=1S/C31H41BrN5O6P/c1-6-8-11-23(37-27(19-40-7-2)35-28-29(37)25-12-9-10-13-26(25)34-30(28)33)18-41-44(39,36-21(5)31(38)42-20(3)4)43-24-16-14-22(32)15-17-24/h9-10,12-17,20-21,23H,6-8,11,18-19H2,1-5H3,(H2,33,34)(H,36,39)/t21-,23-,44-/m0/s1. The maximum atomic E-state index is 14.3. The molecule has 0 aliphatic carbocycles. The van der Waals surface area contributed by atoms with Gasteiger partial charge in [0.25, 0.3) is 0 Å². The van der Waals surface area contributed by atoms with Crippen LogP contribution in [0.2, 0.25) is 0 Å². The molecular weight excluding hydrogens is 649 g/mol. The number of halogens is 1. The lowest BCUT2D eigenvalue weighted by Crippen LogP contribution is -2.36. The van der Waals surface area contributed by atoms with E-state index in [1.54, 1.807) is 45.0 Å². The van der Waals surface area contributed by atoms with Crippen LogP contribution in [0.4, 0.5) is 5.82 Å². The van der Waals surface area contributed by atoms with Gasteiger partial charge in [-0.3, -0.25) is 9.32 Å². The fourth-order valence-electron chi connectivity index (χ4n) is 4.82. The SMILES string of the molecule is CCCC[C@@H](CO[P@@](=O)(N[C@@H](C)C(=O)OC(C)C)Oc1ccc(Br)cc1)n1c(COCC)nc2c(N)nc3ccccc3c21. The fraction of sp³-hybridized carbons (Fsp3) is 0.452. The molecule has 0 unspecified atom stereocenters. The molecule has 0 saturated heterocycles. The number of unbranched alkanes of at least 4 members (excludes halogenated alkanes) is 1. The third-order valence-corrected chi connectivity index (χ3v) is 9.02. The molecule has 0 saturated carbocycles. The summed E-state index contributed by atoms with van der Waals surface area (Å²) in [5.41, 5.74) is 8.52. The van der Waals surface area contributed by atoms with Crippen LogP contribution in [0, 0.1) is 0 Å². The summed E-state index contributed by atoms with van der Waals surface area (Å²) in [6, 6.07) is 13.3. The second kappa shape index (κ2) is 15.3. The molecule has 0 fully saturated rings. The van der Waals surface area contributed by atoms with Crippen LogP contribution >= 0.6 is 23.7 Å². The number of carbonyl (C=O) groups excluding carboxylic acids is 1. The Hall–Kier alpha value is -3.02. The molecule has 13 heteroatoms. The van der Waals surface area contributed by atoms with E-state index in [1.807, 2.05) is 31.2 Å². The van der Waals surface area contributed by atoms with E-state index in [0.717, 1.165) is 33.7 Å². The maximum Gasteiger partial charge on any atom is 0.459 e. The summed E-state index contributed by atoms with van der Waals surface area (Å²) >= 11 is 3.40. The van der Waals surface area contributed by atoms with E-state index < -0.39 is 19.8 Å². The monoisotopic (exact) mass is 689 g/mol. The van der Waals surface area contributed by atoms with Gasteiger partial charge < -0.3 is 24.3 Å². The minimum atomic E-state index is -4.12. The minimum absolute atomic E-state index is 0.0199. The quantitative estimate of drug-likeness (QED) is 0.0907. The number of ether oxygens (including phenoxy) is 2. The van der Waals surface area contributed by atoms with Crippen molar-refractivity contribution in [1.82, 2.24) is 19.6 Å². The van der Waals surface area contributed by atoms with E-state index in [9.17, 15) is 9.36 Å². The van der Waals surface area contributed by atoms with Gasteiger partial charge in [-0.1, -0.05) is 53.9 Å². The van der Waals surface area contributed by atoms with Crippen molar-refractivity contribution in [3.63, 3.8) is 0 Å². The number of para-hydroxylation sites is 1. The number of nitrogens with one attached hydrogen (secondary N) is 1. The fourth-order valence-corrected chi connectivity index (χ4v) is 6.61. The minimum Gasteiger partial charge on any atom is -0.462 e. The first-order valence-corrected chi connectivity index (χ1v) is 17.2. The Balaban J connectivity index is 1.76. The molecule has 0 spiro atoms. The molecule has 4 aromatic rings. The molecule has 3 atom stereocenters. The van der Waals surface area contributed by atoms with Crippen LogP contribution in [0.25, 0.3) is 21.9 Å². The Morgan fingerprint density at radius 3 is 2.50 bits per heavy atom. The van der Waals surface area contributed by atoms with Crippen LogP contribution in [-0.4, -0.2) is 45.9 Å². The lowest BCUT2D eigenvalue weighted by molar-refractivity contribution is -0.149. The van der Waals surface area contributed by atoms with Gasteiger partial charge in [0, 0.05) is 16.5 Å². The largest absolute Gasteiger partial charge is 0.462 e. The number of aromatic nitrogens is 3. The van der Waals surface area contributed by atoms with Crippen molar-refractivity contribution < 1.29 is 27.9 Å². The first-order chi connectivity index (χ1) is 21.0. The van der Waals surface area contributed by atoms with Crippen molar-refractivity contribution in [1.29, 1.82) is 0 Å². The van der Waals surface area contributed by atoms with E-state index >= 15 is 0 Å². The highest BCUT2D eigenvalue weighted by Crippen LogP contribution is 2.46. The zero-order valence-electron chi connectivity index (χ0n) is 25.8. The van der Waals surface area contributed by atoms with Crippen LogP contribution in [-0.2, 0) is 30.0 Å². The van der Waals surface area contributed by atoms with Crippen molar-refractivity contribution >= 4 is 57.4 Å². The highest BCUT2D eigenvalue weighted by atomic mass is 79.9. The van der Waals surface area contributed by atoms with Crippen LogP contribution in [0.3, 0.4) is 0 Å². The highest BCUT2D eigenvalue weighted by molar-refractivity contribution is 9.10. The van der Waals surface area contributed by atoms with Crippen LogP contribution < -0.4 is 15.3 Å². The molecule has 0 aliphatic heterocycles. The van der Waals surface area contributed by atoms with Gasteiger partial charge in [0.2, 0.25) is 0 Å². The molecule has 3 N–H and O–H groups in total. The van der Waals surface area contributed by atoms with Gasteiger partial charge in [-0.2, -0.15) is 5.09 Å². The number of nitrogens with zero attached hydrogens (tertiary/aromatic N) is 3. The van der Waals surface area contributed by atoms with Gasteiger partial charge in [-0.05, 0) is 64.4 Å². The Labute approximate surface area is 266 Å². The number of pyridine rings is 1. The summed E-state index contributed by atoms with van der Waals surface area (Å²) in [6.45, 7) is 9.80. The van der Waals surface area contributed by atoms with Gasteiger partial charge in [0.1, 0.15) is 29.7 Å². The second-order valence-electron chi connectivity index (χ2n) is 10.7. The molecule has 2 aromatic heterocycles. The number of nitrogen functional groups attached to an aromatic ring is 1. The lowest BCUT2D eigenvalue weighted by atomic mass is 10.1. The van der Waals surface area contributed by atoms with E-state index in [2.05, 4.69) is 37.5 Å². The number of carbonyl (C=O) groups is 1. The number of rotatable bonds is 16. The second-order valence-corrected chi connectivity index (χ2v) is 13.3. The Kier molecular flexibility index (Phi) is 11.8. The Morgan fingerprint density at radius 1 is 1.09 bits per heavy atom. The van der Waals surface area contributed by atoms with Crippen LogP contribution in [0.5, 0.6) is 5.75 Å². The van der Waals surface area contributed by atoms with Crippen LogP contribution in [0.1, 0.15) is 65.7 Å². The van der Waals surface area contributed by atoms with E-state index in [0.29, 0.717) is 35.9 Å². The van der Waals surface area contributed by atoms with Crippen molar-refractivity contribution in [2.75, 3.05) is 18.9 Å². The smallest absolute Gasteiger partial charge is 0.459 e. The number of fused-ring (bicyclic) bond motifs is 3. The van der Waals surface area contributed by atoms with Crippen molar-refractivity contribution in [3.8, 4) is 5.75 Å². The predicted octanol–water partition coefficient (Wildman–Crippen LogP) is 7.33. The van der Waals surface area contributed by atoms with E-state index in [1.165, 1.54) is 0 Å². The Morgan fingerprint density at radius 2 is 1.82 bits per heavy atom. The molecular formula is C31H41BrN5O6P. The molecule has 2 aromatic carbocycles. The molecule has 0 aliphatic rings. The number of anilines is 1. The maximum absolute atomic E-state index is 14.3. The summed E-state index contributed by atoms with van der Waals surface area (Å²) in [4.78, 5) is 22.1. The molecule has 44 heavy (non-hydrogen) atoms. The summed E-state index contributed by atoms with van der Waals surface area (Å²) in [6.07, 6.45) is 2.13. The number of hydrogen-bond donors (Lipinski definition) is 2. The van der Waals surface area contributed by atoms with Crippen LogP contribution in [0.15, 0.2) is 53.0 Å². The highest BCUT2D eigenvalue weighted by Gasteiger charge is 2.34. The molecule has 0 amide bonds. The number of imidazole rings is 1. The van der Waals surface area contributed by atoms with Gasteiger partial charge in [-0.15, -0.1) is 0 Å². The number of nitrogens with two attached hydrogens (primary N) is 1. The third kappa shape index (κ3) is 8.37. The normalized spacial score (nSPS) is 14.5. The van der Waals surface area contributed by atoms with Crippen molar-refractivity contribution in [3.05, 3.63) is 58.8 Å². The van der Waals surface area contributed by atoms with Gasteiger partial charge in [0.05, 0.1) is 29.8 Å². The van der Waals surface area contributed by atoms with Gasteiger partial charge in [0.15, 0.2) is 5.82 Å². The summed E-state index contributed by atoms with van der Waals surface area (Å²) in [7, 11) is -4.12. The van der Waals surface area contributed by atoms with E-state index in [-0.39, 0.29) is 25.4 Å². The lowest BCUT2D eigenvalue weighted by Gasteiger charge is -2.27.